The van der Waals surface area contributed by atoms with Crippen molar-refractivity contribution in [1.82, 2.24) is 10.2 Å². The van der Waals surface area contributed by atoms with E-state index >= 15 is 0 Å². The van der Waals surface area contributed by atoms with E-state index in [1.54, 1.807) is 7.11 Å². The average molecular weight is 303 g/mol. The first-order valence-corrected chi connectivity index (χ1v) is 8.23. The molecule has 0 saturated carbocycles. The Bertz CT molecular complexity index is 513. The van der Waals surface area contributed by atoms with Crippen molar-refractivity contribution < 1.29 is 4.74 Å². The van der Waals surface area contributed by atoms with Gasteiger partial charge in [0.2, 0.25) is 0 Å². The van der Waals surface area contributed by atoms with E-state index in [1.165, 1.54) is 24.0 Å². The molecule has 1 aromatic carbocycles. The van der Waals surface area contributed by atoms with Gasteiger partial charge in [-0.25, -0.2) is 0 Å². The summed E-state index contributed by atoms with van der Waals surface area (Å²) in [5.74, 6) is 2.75. The van der Waals surface area contributed by atoms with Gasteiger partial charge in [-0.3, -0.25) is 4.99 Å². The van der Waals surface area contributed by atoms with E-state index in [-0.39, 0.29) is 0 Å². The topological polar surface area (TPSA) is 36.9 Å². The van der Waals surface area contributed by atoms with Crippen LogP contribution in [0.15, 0.2) is 23.2 Å². The molecule has 2 rings (SSSR count). The van der Waals surface area contributed by atoms with E-state index in [1.807, 2.05) is 13.1 Å². The molecule has 0 amide bonds. The maximum atomic E-state index is 5.45. The third-order valence-electron chi connectivity index (χ3n) is 4.28. The number of hydrogen-bond donors (Lipinski definition) is 1. The largest absolute Gasteiger partial charge is 0.496 e. The Morgan fingerprint density at radius 1 is 1.45 bits per heavy atom. The number of aryl methyl sites for hydroxylation is 1. The van der Waals surface area contributed by atoms with Gasteiger partial charge in [-0.2, -0.15) is 0 Å². The molecule has 4 nitrogen and oxygen atoms in total. The molecule has 0 radical (unpaired) electrons. The summed E-state index contributed by atoms with van der Waals surface area (Å²) in [6.07, 6.45) is 3.52. The minimum Gasteiger partial charge on any atom is -0.496 e. The maximum Gasteiger partial charge on any atom is 0.193 e. The summed E-state index contributed by atoms with van der Waals surface area (Å²) in [6, 6.07) is 6.34. The molecule has 1 unspecified atom stereocenters. The zero-order valence-corrected chi connectivity index (χ0v) is 14.4. The Hall–Kier alpha value is -1.71. The Morgan fingerprint density at radius 2 is 2.27 bits per heavy atom. The second kappa shape index (κ2) is 8.06. The lowest BCUT2D eigenvalue weighted by Gasteiger charge is -2.33. The molecule has 0 aliphatic carbocycles. The minimum atomic E-state index is 0.754. The Labute approximate surface area is 134 Å². The van der Waals surface area contributed by atoms with E-state index in [0.29, 0.717) is 0 Å². The van der Waals surface area contributed by atoms with Crippen molar-refractivity contribution in [3.63, 3.8) is 0 Å². The number of aliphatic imine (C=N–C) groups is 1. The highest BCUT2D eigenvalue weighted by Gasteiger charge is 2.18. The quantitative estimate of drug-likeness (QED) is 0.686. The van der Waals surface area contributed by atoms with Crippen molar-refractivity contribution in [2.45, 2.75) is 33.1 Å². The van der Waals surface area contributed by atoms with Crippen LogP contribution < -0.4 is 10.1 Å². The number of rotatable bonds is 4. The molecular formula is C18H29N3O. The number of likely N-dealkylation sites (tertiary alicyclic amines) is 1. The molecule has 0 spiro atoms. The predicted octanol–water partition coefficient (Wildman–Crippen LogP) is 2.85. The molecule has 1 aliphatic rings. The number of ether oxygens (including phenoxy) is 1. The summed E-state index contributed by atoms with van der Waals surface area (Å²) in [7, 11) is 3.60. The number of methoxy groups -OCH3 is 1. The summed E-state index contributed by atoms with van der Waals surface area (Å²) in [5, 5.41) is 3.50. The average Bonchev–Trinajstić information content (AvgIpc) is 2.52. The van der Waals surface area contributed by atoms with Gasteiger partial charge < -0.3 is 15.0 Å². The van der Waals surface area contributed by atoms with Crippen LogP contribution in [0.4, 0.5) is 0 Å². The van der Waals surface area contributed by atoms with Gasteiger partial charge in [0.15, 0.2) is 5.96 Å². The lowest BCUT2D eigenvalue weighted by Crippen LogP contribution is -2.46. The van der Waals surface area contributed by atoms with Crippen molar-refractivity contribution in [3.8, 4) is 5.75 Å². The maximum absolute atomic E-state index is 5.45. The monoisotopic (exact) mass is 303 g/mol. The van der Waals surface area contributed by atoms with Crippen LogP contribution in [0.2, 0.25) is 0 Å². The molecular weight excluding hydrogens is 274 g/mol. The molecule has 22 heavy (non-hydrogen) atoms. The Morgan fingerprint density at radius 3 is 2.95 bits per heavy atom. The summed E-state index contributed by atoms with van der Waals surface area (Å²) < 4.78 is 5.45. The molecule has 1 saturated heterocycles. The second-order valence-corrected chi connectivity index (χ2v) is 6.23. The number of guanidine groups is 1. The van der Waals surface area contributed by atoms with Crippen molar-refractivity contribution in [3.05, 3.63) is 29.3 Å². The third kappa shape index (κ3) is 4.39. The fourth-order valence-corrected chi connectivity index (χ4v) is 3.13. The molecule has 122 valence electrons. The molecule has 1 N–H and O–H groups in total. The molecule has 1 heterocycles. The number of piperidine rings is 1. The van der Waals surface area contributed by atoms with Crippen LogP contribution in [0.5, 0.6) is 5.75 Å². The van der Waals surface area contributed by atoms with Crippen LogP contribution >= 0.6 is 0 Å². The summed E-state index contributed by atoms with van der Waals surface area (Å²) in [5.41, 5.74) is 2.52. The van der Waals surface area contributed by atoms with Gasteiger partial charge in [-0.1, -0.05) is 24.6 Å². The number of nitrogens with one attached hydrogen (secondary N) is 1. The lowest BCUT2D eigenvalue weighted by molar-refractivity contribution is 0.266. The SMILES string of the molecule is CN=C(NCCc1cc(C)ccc1OC)N1CCCC(C)C1. The minimum absolute atomic E-state index is 0.754. The Kier molecular flexibility index (Phi) is 6.10. The van der Waals surface area contributed by atoms with Gasteiger partial charge >= 0.3 is 0 Å². The molecule has 4 heteroatoms. The fraction of sp³-hybridized carbons (Fsp3) is 0.611. The summed E-state index contributed by atoms with van der Waals surface area (Å²) in [4.78, 5) is 6.81. The highest BCUT2D eigenvalue weighted by Crippen LogP contribution is 2.20. The molecule has 1 aromatic rings. The molecule has 1 fully saturated rings. The normalized spacial score (nSPS) is 19.2. The molecule has 1 atom stereocenters. The van der Waals surface area contributed by atoms with E-state index in [9.17, 15) is 0 Å². The van der Waals surface area contributed by atoms with Gasteiger partial charge in [0.05, 0.1) is 7.11 Å². The zero-order chi connectivity index (χ0) is 15.9. The van der Waals surface area contributed by atoms with E-state index in [2.05, 4.69) is 41.2 Å². The molecule has 1 aliphatic heterocycles. The van der Waals surface area contributed by atoms with Crippen LogP contribution in [-0.2, 0) is 6.42 Å². The van der Waals surface area contributed by atoms with Crippen molar-refractivity contribution in [2.75, 3.05) is 33.8 Å². The third-order valence-corrected chi connectivity index (χ3v) is 4.28. The molecule has 0 bridgehead atoms. The first-order valence-electron chi connectivity index (χ1n) is 8.23. The van der Waals surface area contributed by atoms with E-state index in [4.69, 9.17) is 4.74 Å². The van der Waals surface area contributed by atoms with Gasteiger partial charge in [0, 0.05) is 26.7 Å². The first kappa shape index (κ1) is 16.7. The van der Waals surface area contributed by atoms with Crippen LogP contribution in [0.3, 0.4) is 0 Å². The van der Waals surface area contributed by atoms with Gasteiger partial charge in [0.25, 0.3) is 0 Å². The summed E-state index contributed by atoms with van der Waals surface area (Å²) in [6.45, 7) is 7.52. The van der Waals surface area contributed by atoms with E-state index < -0.39 is 0 Å². The highest BCUT2D eigenvalue weighted by molar-refractivity contribution is 5.80. The number of benzene rings is 1. The van der Waals surface area contributed by atoms with Gasteiger partial charge in [-0.15, -0.1) is 0 Å². The van der Waals surface area contributed by atoms with Crippen LogP contribution in [-0.4, -0.2) is 44.7 Å². The Balaban J connectivity index is 1.90. The zero-order valence-electron chi connectivity index (χ0n) is 14.4. The standard InChI is InChI=1S/C18H29N3O/c1-14-7-8-17(22-4)16(12-14)9-10-20-18(19-3)21-11-5-6-15(2)13-21/h7-8,12,15H,5-6,9-11,13H2,1-4H3,(H,19,20). The van der Waals surface area contributed by atoms with E-state index in [0.717, 1.165) is 43.7 Å². The second-order valence-electron chi connectivity index (χ2n) is 6.23. The first-order chi connectivity index (χ1) is 10.6. The molecule has 0 aromatic heterocycles. The highest BCUT2D eigenvalue weighted by atomic mass is 16.5. The summed E-state index contributed by atoms with van der Waals surface area (Å²) >= 11 is 0. The number of hydrogen-bond acceptors (Lipinski definition) is 2. The van der Waals surface area contributed by atoms with Crippen LogP contribution in [0.25, 0.3) is 0 Å². The van der Waals surface area contributed by atoms with Crippen LogP contribution in [0, 0.1) is 12.8 Å². The van der Waals surface area contributed by atoms with Crippen molar-refractivity contribution in [1.29, 1.82) is 0 Å². The van der Waals surface area contributed by atoms with Crippen molar-refractivity contribution in [2.24, 2.45) is 10.9 Å². The lowest BCUT2D eigenvalue weighted by atomic mass is 10.0. The van der Waals surface area contributed by atoms with Gasteiger partial charge in [-0.05, 0) is 43.7 Å². The number of nitrogens with zero attached hydrogens (tertiary/aromatic N) is 2. The predicted molar refractivity (Wildman–Crippen MR) is 92.8 cm³/mol. The smallest absolute Gasteiger partial charge is 0.193 e. The van der Waals surface area contributed by atoms with Crippen molar-refractivity contribution >= 4 is 5.96 Å². The van der Waals surface area contributed by atoms with Gasteiger partial charge in [0.1, 0.15) is 5.75 Å². The van der Waals surface area contributed by atoms with Crippen LogP contribution in [0.1, 0.15) is 30.9 Å². The fourth-order valence-electron chi connectivity index (χ4n) is 3.13.